The summed E-state index contributed by atoms with van der Waals surface area (Å²) in [6, 6.07) is -0.199. The minimum atomic E-state index is -1.15. The van der Waals surface area contributed by atoms with Gasteiger partial charge in [0.05, 0.1) is 5.71 Å². The van der Waals surface area contributed by atoms with Crippen molar-refractivity contribution in [2.24, 2.45) is 5.16 Å². The number of hydrogen-bond acceptors (Lipinski definition) is 7. The monoisotopic (exact) mass is 377 g/mol. The predicted molar refractivity (Wildman–Crippen MR) is 97.7 cm³/mol. The third-order valence-electron chi connectivity index (χ3n) is 4.36. The van der Waals surface area contributed by atoms with Crippen molar-refractivity contribution in [2.75, 3.05) is 19.6 Å². The highest BCUT2D eigenvalue weighted by atomic mass is 16.6. The van der Waals surface area contributed by atoms with Crippen LogP contribution in [0.1, 0.15) is 38.7 Å². The number of aliphatic hydroxyl groups excluding tert-OH is 1. The summed E-state index contributed by atoms with van der Waals surface area (Å²) in [7, 11) is 0. The van der Waals surface area contributed by atoms with Gasteiger partial charge >= 0.3 is 12.0 Å². The lowest BCUT2D eigenvalue weighted by molar-refractivity contribution is 0.0177. The van der Waals surface area contributed by atoms with Crippen molar-refractivity contribution in [2.45, 2.75) is 39.4 Å². The Balaban J connectivity index is 1.68. The molecule has 0 spiro atoms. The molecule has 2 aliphatic rings. The molecule has 0 bridgehead atoms. The number of allylic oxidation sites excluding steroid dienone is 1. The van der Waals surface area contributed by atoms with E-state index in [4.69, 9.17) is 9.57 Å². The number of hydrogen-bond donors (Lipinski definition) is 3. The van der Waals surface area contributed by atoms with E-state index in [-0.39, 0.29) is 23.5 Å². The zero-order valence-electron chi connectivity index (χ0n) is 15.3. The Morgan fingerprint density at radius 1 is 1.48 bits per heavy atom. The van der Waals surface area contributed by atoms with Gasteiger partial charge in [0.1, 0.15) is 5.56 Å². The molecule has 0 aromatic carbocycles. The largest absolute Gasteiger partial charge is 0.443 e. The van der Waals surface area contributed by atoms with Crippen molar-refractivity contribution in [1.29, 1.82) is 0 Å². The molecule has 0 aliphatic carbocycles. The molecule has 10 heteroatoms. The van der Waals surface area contributed by atoms with Crippen LogP contribution in [0.5, 0.6) is 11.9 Å². The molecule has 3 heterocycles. The first-order valence-electron chi connectivity index (χ1n) is 8.97. The molecule has 1 aromatic rings. The Hall–Kier alpha value is -2.88. The maximum atomic E-state index is 12.3. The van der Waals surface area contributed by atoms with Gasteiger partial charge in [-0.05, 0) is 25.0 Å². The molecule has 3 rings (SSSR count). The van der Waals surface area contributed by atoms with E-state index in [1.54, 1.807) is 4.90 Å². The molecule has 146 valence electrons. The van der Waals surface area contributed by atoms with Crippen LogP contribution >= 0.6 is 0 Å². The van der Waals surface area contributed by atoms with Gasteiger partial charge < -0.3 is 24.9 Å². The zero-order valence-corrected chi connectivity index (χ0v) is 15.3. The molecule has 3 N–H and O–H groups in total. The Labute approximate surface area is 155 Å². The van der Waals surface area contributed by atoms with E-state index in [1.165, 1.54) is 6.08 Å². The second kappa shape index (κ2) is 8.21. The number of H-pyrrole nitrogens is 1. The number of amides is 2. The number of nitrogens with zero attached hydrogens (tertiary/aromatic N) is 3. The number of piperidine rings is 1. The summed E-state index contributed by atoms with van der Waals surface area (Å²) in [4.78, 5) is 37.7. The predicted octanol–water partition coefficient (Wildman–Crippen LogP) is 0.834. The average molecular weight is 377 g/mol. The maximum Gasteiger partial charge on any atom is 0.329 e. The van der Waals surface area contributed by atoms with E-state index in [9.17, 15) is 14.7 Å². The van der Waals surface area contributed by atoms with Crippen molar-refractivity contribution in [3.05, 3.63) is 22.0 Å². The number of oxime groups is 1. The molecule has 27 heavy (non-hydrogen) atoms. The number of aromatic nitrogens is 2. The molecule has 2 amide bonds. The van der Waals surface area contributed by atoms with Crippen LogP contribution in [0.3, 0.4) is 0 Å². The van der Waals surface area contributed by atoms with Gasteiger partial charge in [0.2, 0.25) is 12.2 Å². The van der Waals surface area contributed by atoms with Crippen LogP contribution in [-0.4, -0.2) is 57.6 Å². The highest BCUT2D eigenvalue weighted by molar-refractivity contribution is 5.87. The molecule has 1 fully saturated rings. The van der Waals surface area contributed by atoms with Crippen molar-refractivity contribution in [3.63, 3.8) is 0 Å². The fourth-order valence-corrected chi connectivity index (χ4v) is 2.97. The minimum Gasteiger partial charge on any atom is -0.443 e. The van der Waals surface area contributed by atoms with Gasteiger partial charge in [-0.3, -0.25) is 9.78 Å². The minimum absolute atomic E-state index is 0.0202. The van der Waals surface area contributed by atoms with E-state index < -0.39 is 11.8 Å². The molecule has 1 atom stereocenters. The molecular formula is C17H23N5O5. The third kappa shape index (κ3) is 4.27. The SMILES string of the molecule is CCNC(=O)N1CCC(=NOc2nc3c(c(=O)[nH]2)C(CC)=CC(O)O3)CC1. The maximum absolute atomic E-state index is 12.3. The average Bonchev–Trinajstić information content (AvgIpc) is 2.66. The van der Waals surface area contributed by atoms with Gasteiger partial charge in [-0.15, -0.1) is 0 Å². The second-order valence-corrected chi connectivity index (χ2v) is 6.18. The Morgan fingerprint density at radius 3 is 2.89 bits per heavy atom. The fourth-order valence-electron chi connectivity index (χ4n) is 2.97. The van der Waals surface area contributed by atoms with Gasteiger partial charge in [-0.25, -0.2) is 4.79 Å². The number of rotatable bonds is 4. The van der Waals surface area contributed by atoms with Crippen LogP contribution in [0.4, 0.5) is 4.79 Å². The molecule has 0 saturated carbocycles. The standard InChI is InChI=1S/C17H23N5O5/c1-3-10-9-12(23)26-15-13(10)14(24)19-16(20-15)27-21-11-5-7-22(8-6-11)17(25)18-4-2/h9,12,23H,3-8H2,1-2H3,(H,18,25)(H,19,20,24). The number of aliphatic hydroxyl groups is 1. The van der Waals surface area contributed by atoms with Crippen LogP contribution in [0.2, 0.25) is 0 Å². The first kappa shape index (κ1) is 18.9. The molecule has 1 aromatic heterocycles. The smallest absolute Gasteiger partial charge is 0.329 e. The fraction of sp³-hybridized carbons (Fsp3) is 0.529. The molecule has 10 nitrogen and oxygen atoms in total. The summed E-state index contributed by atoms with van der Waals surface area (Å²) in [6.07, 6.45) is 2.03. The zero-order chi connectivity index (χ0) is 19.4. The summed E-state index contributed by atoms with van der Waals surface area (Å²) in [5.74, 6) is 0.0202. The second-order valence-electron chi connectivity index (χ2n) is 6.18. The van der Waals surface area contributed by atoms with E-state index in [1.807, 2.05) is 13.8 Å². The highest BCUT2D eigenvalue weighted by Gasteiger charge is 2.24. The molecule has 1 unspecified atom stereocenters. The van der Waals surface area contributed by atoms with Gasteiger partial charge in [0.25, 0.3) is 5.56 Å². The summed E-state index contributed by atoms with van der Waals surface area (Å²) in [5.41, 5.74) is 1.30. The number of nitrogens with one attached hydrogen (secondary N) is 2. The van der Waals surface area contributed by atoms with Gasteiger partial charge in [-0.1, -0.05) is 12.1 Å². The van der Waals surface area contributed by atoms with E-state index in [0.29, 0.717) is 44.5 Å². The molecule has 2 aliphatic heterocycles. The number of aromatic amines is 1. The topological polar surface area (TPSA) is 129 Å². The normalized spacial score (nSPS) is 18.9. The van der Waals surface area contributed by atoms with Crippen LogP contribution in [0, 0.1) is 0 Å². The van der Waals surface area contributed by atoms with Crippen molar-refractivity contribution >= 4 is 17.3 Å². The summed E-state index contributed by atoms with van der Waals surface area (Å²) in [5, 5.41) is 16.5. The molecule has 0 radical (unpaired) electrons. The van der Waals surface area contributed by atoms with Crippen molar-refractivity contribution in [1.82, 2.24) is 20.2 Å². The van der Waals surface area contributed by atoms with Gasteiger partial charge in [0, 0.05) is 32.5 Å². The highest BCUT2D eigenvalue weighted by Crippen LogP contribution is 2.29. The van der Waals surface area contributed by atoms with Crippen molar-refractivity contribution in [3.8, 4) is 11.9 Å². The quantitative estimate of drug-likeness (QED) is 0.667. The summed E-state index contributed by atoms with van der Waals surface area (Å²) < 4.78 is 5.21. The van der Waals surface area contributed by atoms with Crippen molar-refractivity contribution < 1.29 is 19.5 Å². The molecule has 1 saturated heterocycles. The number of carbonyl (C=O) groups excluding carboxylic acids is 1. The lowest BCUT2D eigenvalue weighted by Gasteiger charge is -2.27. The van der Waals surface area contributed by atoms with E-state index >= 15 is 0 Å². The number of carbonyl (C=O) groups is 1. The third-order valence-corrected chi connectivity index (χ3v) is 4.36. The lowest BCUT2D eigenvalue weighted by Crippen LogP contribution is -2.44. The van der Waals surface area contributed by atoms with Crippen LogP contribution in [0.25, 0.3) is 5.57 Å². The molecular weight excluding hydrogens is 354 g/mol. The number of urea groups is 1. The van der Waals surface area contributed by atoms with E-state index in [2.05, 4.69) is 20.4 Å². The number of likely N-dealkylation sites (tertiary alicyclic amines) is 1. The number of ether oxygens (including phenoxy) is 1. The van der Waals surface area contributed by atoms with Crippen LogP contribution in [0.15, 0.2) is 16.0 Å². The Kier molecular flexibility index (Phi) is 5.75. The lowest BCUT2D eigenvalue weighted by atomic mass is 10.0. The van der Waals surface area contributed by atoms with Gasteiger partial charge in [-0.2, -0.15) is 4.98 Å². The van der Waals surface area contributed by atoms with Crippen LogP contribution < -0.4 is 20.5 Å². The Bertz CT molecular complexity index is 821. The summed E-state index contributed by atoms with van der Waals surface area (Å²) >= 11 is 0. The van der Waals surface area contributed by atoms with Gasteiger partial charge in [0.15, 0.2) is 0 Å². The van der Waals surface area contributed by atoms with Crippen LogP contribution in [-0.2, 0) is 0 Å². The first-order valence-corrected chi connectivity index (χ1v) is 8.97. The summed E-state index contributed by atoms with van der Waals surface area (Å²) in [6.45, 7) is 5.42. The first-order chi connectivity index (χ1) is 13.0. The Morgan fingerprint density at radius 2 is 2.22 bits per heavy atom. The van der Waals surface area contributed by atoms with E-state index in [0.717, 1.165) is 5.71 Å². The number of fused-ring (bicyclic) bond motifs is 1.